The molecular weight excluding hydrogens is 290 g/mol. The molecular formula is C18H25N3O2. The molecule has 0 bridgehead atoms. The highest BCUT2D eigenvalue weighted by molar-refractivity contribution is 5.83. The van der Waals surface area contributed by atoms with Crippen molar-refractivity contribution in [1.29, 1.82) is 0 Å². The van der Waals surface area contributed by atoms with Gasteiger partial charge < -0.3 is 10.6 Å². The molecule has 0 aliphatic carbocycles. The van der Waals surface area contributed by atoms with E-state index in [0.717, 1.165) is 31.5 Å². The first-order valence-electron chi connectivity index (χ1n) is 8.53. The van der Waals surface area contributed by atoms with Gasteiger partial charge in [-0.15, -0.1) is 0 Å². The van der Waals surface area contributed by atoms with Gasteiger partial charge in [0.1, 0.15) is 0 Å². The number of carbonyl (C=O) groups is 2. The monoisotopic (exact) mass is 315 g/mol. The Morgan fingerprint density at radius 1 is 1.04 bits per heavy atom. The second-order valence-electron chi connectivity index (χ2n) is 6.59. The maximum absolute atomic E-state index is 12.6. The summed E-state index contributed by atoms with van der Waals surface area (Å²) in [5, 5.41) is 0. The molecule has 5 heteroatoms. The van der Waals surface area contributed by atoms with Crippen molar-refractivity contribution in [3.05, 3.63) is 35.4 Å². The Labute approximate surface area is 137 Å². The van der Waals surface area contributed by atoms with E-state index in [-0.39, 0.29) is 24.4 Å². The Morgan fingerprint density at radius 2 is 1.70 bits per heavy atom. The van der Waals surface area contributed by atoms with Crippen LogP contribution in [0.1, 0.15) is 36.8 Å². The number of nitrogens with two attached hydrogens (primary N) is 1. The molecule has 5 nitrogen and oxygen atoms in total. The predicted molar refractivity (Wildman–Crippen MR) is 88.6 cm³/mol. The number of fused-ring (bicyclic) bond motifs is 1. The Bertz CT molecular complexity index is 579. The zero-order valence-electron chi connectivity index (χ0n) is 13.5. The fraction of sp³-hybridized carbons (Fsp3) is 0.556. The number of primary amides is 1. The van der Waals surface area contributed by atoms with Gasteiger partial charge in [-0.05, 0) is 30.4 Å². The topological polar surface area (TPSA) is 66.6 Å². The van der Waals surface area contributed by atoms with E-state index in [4.69, 9.17) is 5.73 Å². The Balaban J connectivity index is 1.72. The zero-order valence-corrected chi connectivity index (χ0v) is 13.5. The van der Waals surface area contributed by atoms with Crippen LogP contribution in [0.3, 0.4) is 0 Å². The number of amides is 2. The van der Waals surface area contributed by atoms with Crippen LogP contribution in [0, 0.1) is 0 Å². The smallest absolute Gasteiger partial charge is 0.236 e. The van der Waals surface area contributed by atoms with E-state index in [9.17, 15) is 9.59 Å². The van der Waals surface area contributed by atoms with Gasteiger partial charge in [0, 0.05) is 19.6 Å². The summed E-state index contributed by atoms with van der Waals surface area (Å²) < 4.78 is 0. The average molecular weight is 315 g/mol. The molecule has 0 spiro atoms. The Hall–Kier alpha value is -1.88. The molecule has 3 rings (SSSR count). The number of rotatable bonds is 3. The van der Waals surface area contributed by atoms with Gasteiger partial charge in [-0.25, -0.2) is 0 Å². The largest absolute Gasteiger partial charge is 0.368 e. The molecule has 124 valence electrons. The van der Waals surface area contributed by atoms with Crippen molar-refractivity contribution in [3.8, 4) is 0 Å². The van der Waals surface area contributed by atoms with Crippen molar-refractivity contribution in [3.63, 3.8) is 0 Å². The number of carbonyl (C=O) groups excluding carboxylic acids is 2. The molecule has 1 fully saturated rings. The van der Waals surface area contributed by atoms with Crippen LogP contribution >= 0.6 is 0 Å². The number of nitrogens with zero attached hydrogens (tertiary/aromatic N) is 2. The fourth-order valence-electron chi connectivity index (χ4n) is 3.62. The van der Waals surface area contributed by atoms with Gasteiger partial charge >= 0.3 is 0 Å². The molecule has 0 unspecified atom stereocenters. The van der Waals surface area contributed by atoms with Crippen LogP contribution in [0.5, 0.6) is 0 Å². The third-order valence-corrected chi connectivity index (χ3v) is 4.97. The summed E-state index contributed by atoms with van der Waals surface area (Å²) >= 11 is 0. The van der Waals surface area contributed by atoms with E-state index in [1.807, 2.05) is 28.0 Å². The quantitative estimate of drug-likeness (QED) is 0.914. The summed E-state index contributed by atoms with van der Waals surface area (Å²) in [6.45, 7) is 2.57. The molecule has 0 aromatic heterocycles. The first kappa shape index (κ1) is 16.0. The van der Waals surface area contributed by atoms with Crippen molar-refractivity contribution < 1.29 is 9.59 Å². The van der Waals surface area contributed by atoms with Gasteiger partial charge in [-0.3, -0.25) is 14.5 Å². The molecule has 2 aliphatic heterocycles. The van der Waals surface area contributed by atoms with E-state index >= 15 is 0 Å². The van der Waals surface area contributed by atoms with E-state index in [2.05, 4.69) is 6.07 Å². The first-order chi connectivity index (χ1) is 11.1. The van der Waals surface area contributed by atoms with Gasteiger partial charge in [0.2, 0.25) is 11.8 Å². The molecule has 23 heavy (non-hydrogen) atoms. The SMILES string of the molecule is NC(=O)[C@@H]1Cc2ccccc2CN1CC(=O)N1CCCCCC1. The van der Waals surface area contributed by atoms with Crippen LogP contribution in [-0.4, -0.2) is 47.3 Å². The van der Waals surface area contributed by atoms with Crippen molar-refractivity contribution in [2.24, 2.45) is 5.73 Å². The highest BCUT2D eigenvalue weighted by Crippen LogP contribution is 2.23. The minimum atomic E-state index is -0.388. The van der Waals surface area contributed by atoms with Gasteiger partial charge in [0.25, 0.3) is 0 Å². The van der Waals surface area contributed by atoms with Crippen LogP contribution in [-0.2, 0) is 22.6 Å². The number of hydrogen-bond acceptors (Lipinski definition) is 3. The van der Waals surface area contributed by atoms with Gasteiger partial charge in [-0.1, -0.05) is 37.1 Å². The molecule has 2 N–H and O–H groups in total. The fourth-order valence-corrected chi connectivity index (χ4v) is 3.62. The molecule has 0 radical (unpaired) electrons. The van der Waals surface area contributed by atoms with Gasteiger partial charge in [0.15, 0.2) is 0 Å². The molecule has 1 atom stereocenters. The maximum atomic E-state index is 12.6. The molecule has 0 saturated carbocycles. The van der Waals surface area contributed by atoms with Crippen molar-refractivity contribution in [1.82, 2.24) is 9.80 Å². The molecule has 2 amide bonds. The maximum Gasteiger partial charge on any atom is 0.236 e. The minimum Gasteiger partial charge on any atom is -0.368 e. The van der Waals surface area contributed by atoms with Crippen LogP contribution in [0.4, 0.5) is 0 Å². The van der Waals surface area contributed by atoms with E-state index < -0.39 is 0 Å². The standard InChI is InChI=1S/C18H25N3O2/c19-18(23)16-11-14-7-3-4-8-15(14)12-21(16)13-17(22)20-9-5-1-2-6-10-20/h3-4,7-8,16H,1-2,5-6,9-13H2,(H2,19,23)/t16-/m0/s1. The summed E-state index contributed by atoms with van der Waals surface area (Å²) in [7, 11) is 0. The highest BCUT2D eigenvalue weighted by Gasteiger charge is 2.32. The lowest BCUT2D eigenvalue weighted by Crippen LogP contribution is -2.52. The molecule has 1 aromatic carbocycles. The summed E-state index contributed by atoms with van der Waals surface area (Å²) in [6, 6.07) is 7.70. The molecule has 1 saturated heterocycles. The lowest BCUT2D eigenvalue weighted by molar-refractivity contribution is -0.134. The second-order valence-corrected chi connectivity index (χ2v) is 6.59. The normalized spacial score (nSPS) is 22.3. The molecule has 2 aliphatic rings. The second kappa shape index (κ2) is 7.13. The molecule has 1 aromatic rings. The lowest BCUT2D eigenvalue weighted by Gasteiger charge is -2.35. The predicted octanol–water partition coefficient (Wildman–Crippen LogP) is 1.30. The average Bonchev–Trinajstić information content (AvgIpc) is 2.83. The number of benzene rings is 1. The lowest BCUT2D eigenvalue weighted by atomic mass is 9.93. The van der Waals surface area contributed by atoms with Crippen molar-refractivity contribution >= 4 is 11.8 Å². The third kappa shape index (κ3) is 3.72. The van der Waals surface area contributed by atoms with E-state index in [1.54, 1.807) is 0 Å². The summed E-state index contributed by atoms with van der Waals surface area (Å²) in [5.74, 6) is -0.222. The van der Waals surface area contributed by atoms with Gasteiger partial charge in [-0.2, -0.15) is 0 Å². The van der Waals surface area contributed by atoms with Crippen LogP contribution in [0.15, 0.2) is 24.3 Å². The summed E-state index contributed by atoms with van der Waals surface area (Å²) in [4.78, 5) is 28.4. The first-order valence-corrected chi connectivity index (χ1v) is 8.53. The van der Waals surface area contributed by atoms with E-state index in [1.165, 1.54) is 18.4 Å². The van der Waals surface area contributed by atoms with Crippen LogP contribution in [0.25, 0.3) is 0 Å². The number of hydrogen-bond donors (Lipinski definition) is 1. The van der Waals surface area contributed by atoms with Gasteiger partial charge in [0.05, 0.1) is 12.6 Å². The minimum absolute atomic E-state index is 0.123. The van der Waals surface area contributed by atoms with E-state index in [0.29, 0.717) is 13.0 Å². The zero-order chi connectivity index (χ0) is 16.2. The Morgan fingerprint density at radius 3 is 2.35 bits per heavy atom. The third-order valence-electron chi connectivity index (χ3n) is 4.97. The van der Waals surface area contributed by atoms with Crippen LogP contribution in [0.2, 0.25) is 0 Å². The summed E-state index contributed by atoms with van der Waals surface area (Å²) in [6.07, 6.45) is 5.15. The number of likely N-dealkylation sites (tertiary alicyclic amines) is 1. The van der Waals surface area contributed by atoms with Crippen molar-refractivity contribution in [2.45, 2.75) is 44.7 Å². The Kier molecular flexibility index (Phi) is 4.96. The highest BCUT2D eigenvalue weighted by atomic mass is 16.2. The van der Waals surface area contributed by atoms with Crippen molar-refractivity contribution in [2.75, 3.05) is 19.6 Å². The summed E-state index contributed by atoms with van der Waals surface area (Å²) in [5.41, 5.74) is 7.94. The van der Waals surface area contributed by atoms with Crippen LogP contribution < -0.4 is 5.73 Å². The molecule has 2 heterocycles.